The van der Waals surface area contributed by atoms with Gasteiger partial charge in [-0.05, 0) is 43.5 Å². The average Bonchev–Trinajstić information content (AvgIpc) is 2.84. The third kappa shape index (κ3) is 2.67. The van der Waals surface area contributed by atoms with Crippen LogP contribution in [0.2, 0.25) is 5.02 Å². The molecule has 1 aromatic carbocycles. The monoisotopic (exact) mass is 342 g/mol. The molecule has 19 heavy (non-hydrogen) atoms. The zero-order chi connectivity index (χ0) is 13.4. The zero-order valence-electron chi connectivity index (χ0n) is 10.5. The maximum absolute atomic E-state index is 12.6. The lowest BCUT2D eigenvalue weighted by molar-refractivity contribution is 0.0785. The summed E-state index contributed by atoms with van der Waals surface area (Å²) in [4.78, 5) is 14.5. The highest BCUT2D eigenvalue weighted by atomic mass is 79.9. The Morgan fingerprint density at radius 2 is 2.26 bits per heavy atom. The summed E-state index contributed by atoms with van der Waals surface area (Å²) in [6.07, 6.45) is 2.43. The van der Waals surface area contributed by atoms with Crippen molar-refractivity contribution in [3.63, 3.8) is 0 Å². The fourth-order valence-electron chi connectivity index (χ4n) is 3.04. The number of amides is 1. The summed E-state index contributed by atoms with van der Waals surface area (Å²) in [5, 5.41) is 4.03. The summed E-state index contributed by atoms with van der Waals surface area (Å²) in [7, 11) is 0. The molecule has 0 bridgehead atoms. The largest absolute Gasteiger partial charge is 0.337 e. The van der Waals surface area contributed by atoms with Gasteiger partial charge in [-0.1, -0.05) is 27.5 Å². The highest BCUT2D eigenvalue weighted by Crippen LogP contribution is 2.28. The Morgan fingerprint density at radius 1 is 1.42 bits per heavy atom. The van der Waals surface area contributed by atoms with Gasteiger partial charge in [0.1, 0.15) is 0 Å². The number of carbonyl (C=O) groups is 1. The van der Waals surface area contributed by atoms with Crippen molar-refractivity contribution in [3.05, 3.63) is 33.3 Å². The molecule has 0 saturated carbocycles. The third-order valence-electron chi connectivity index (χ3n) is 4.05. The first-order chi connectivity index (χ1) is 9.15. The van der Waals surface area contributed by atoms with E-state index in [1.807, 2.05) is 11.0 Å². The molecular weight excluding hydrogens is 328 g/mol. The topological polar surface area (TPSA) is 32.3 Å². The molecule has 1 amide bonds. The first-order valence-electron chi connectivity index (χ1n) is 6.63. The molecule has 0 radical (unpaired) electrons. The highest BCUT2D eigenvalue weighted by Gasteiger charge is 2.36. The predicted octanol–water partition coefficient (Wildman–Crippen LogP) is 2.93. The number of nitrogens with zero attached hydrogens (tertiary/aromatic N) is 1. The first kappa shape index (κ1) is 13.4. The molecule has 2 aliphatic rings. The van der Waals surface area contributed by atoms with Crippen LogP contribution in [0.5, 0.6) is 0 Å². The maximum atomic E-state index is 12.6. The van der Waals surface area contributed by atoms with Gasteiger partial charge in [-0.15, -0.1) is 0 Å². The summed E-state index contributed by atoms with van der Waals surface area (Å²) >= 11 is 9.53. The Balaban J connectivity index is 1.79. The molecular formula is C14H16BrClN2O. The van der Waals surface area contributed by atoms with E-state index in [4.69, 9.17) is 11.6 Å². The minimum Gasteiger partial charge on any atom is -0.337 e. The Morgan fingerprint density at radius 3 is 3.05 bits per heavy atom. The lowest BCUT2D eigenvalue weighted by Crippen LogP contribution is -2.41. The van der Waals surface area contributed by atoms with Gasteiger partial charge in [-0.2, -0.15) is 0 Å². The van der Waals surface area contributed by atoms with Crippen LogP contribution in [0.25, 0.3) is 0 Å². The zero-order valence-corrected chi connectivity index (χ0v) is 12.9. The molecule has 2 saturated heterocycles. The summed E-state index contributed by atoms with van der Waals surface area (Å²) in [5.41, 5.74) is 0.592. The van der Waals surface area contributed by atoms with Crippen LogP contribution in [-0.2, 0) is 0 Å². The summed E-state index contributed by atoms with van der Waals surface area (Å²) in [6.45, 7) is 2.71. The molecule has 3 rings (SSSR count). The van der Waals surface area contributed by atoms with Crippen molar-refractivity contribution in [2.24, 2.45) is 5.92 Å². The second kappa shape index (κ2) is 5.43. The van der Waals surface area contributed by atoms with Gasteiger partial charge >= 0.3 is 0 Å². The SMILES string of the molecule is O=C(c1cc(Br)ccc1Cl)N1CC2CCCNC2C1. The Labute approximate surface area is 126 Å². The number of carbonyl (C=O) groups excluding carboxylic acids is 1. The van der Waals surface area contributed by atoms with Crippen molar-refractivity contribution in [3.8, 4) is 0 Å². The van der Waals surface area contributed by atoms with Crippen LogP contribution in [0, 0.1) is 5.92 Å². The van der Waals surface area contributed by atoms with Crippen LogP contribution in [-0.4, -0.2) is 36.5 Å². The molecule has 102 valence electrons. The number of rotatable bonds is 1. The van der Waals surface area contributed by atoms with Gasteiger partial charge in [0, 0.05) is 23.6 Å². The van der Waals surface area contributed by atoms with Gasteiger partial charge in [0.15, 0.2) is 0 Å². The number of nitrogens with one attached hydrogen (secondary N) is 1. The lowest BCUT2D eigenvalue weighted by atomic mass is 9.94. The van der Waals surface area contributed by atoms with Gasteiger partial charge in [0.2, 0.25) is 0 Å². The van der Waals surface area contributed by atoms with Gasteiger partial charge in [0.05, 0.1) is 10.6 Å². The van der Waals surface area contributed by atoms with E-state index < -0.39 is 0 Å². The average molecular weight is 344 g/mol. The minimum absolute atomic E-state index is 0.0440. The van der Waals surface area contributed by atoms with Gasteiger partial charge < -0.3 is 10.2 Å². The van der Waals surface area contributed by atoms with Crippen molar-refractivity contribution in [1.29, 1.82) is 0 Å². The minimum atomic E-state index is 0.0440. The van der Waals surface area contributed by atoms with Gasteiger partial charge in [-0.25, -0.2) is 0 Å². The van der Waals surface area contributed by atoms with E-state index in [0.29, 0.717) is 22.5 Å². The normalized spacial score (nSPS) is 26.3. The van der Waals surface area contributed by atoms with Crippen molar-refractivity contribution >= 4 is 33.4 Å². The van der Waals surface area contributed by atoms with E-state index in [2.05, 4.69) is 21.2 Å². The van der Waals surface area contributed by atoms with Crippen LogP contribution >= 0.6 is 27.5 Å². The van der Waals surface area contributed by atoms with E-state index in [-0.39, 0.29) is 5.91 Å². The Bertz CT molecular complexity index is 494. The Kier molecular flexibility index (Phi) is 3.83. The summed E-state index contributed by atoms with van der Waals surface area (Å²) in [6, 6.07) is 5.88. The lowest BCUT2D eigenvalue weighted by Gasteiger charge is -2.24. The molecule has 0 aliphatic carbocycles. The molecule has 0 aromatic heterocycles. The smallest absolute Gasteiger partial charge is 0.255 e. The first-order valence-corrected chi connectivity index (χ1v) is 7.80. The molecule has 2 fully saturated rings. The Hall–Kier alpha value is -0.580. The van der Waals surface area contributed by atoms with Gasteiger partial charge in [-0.3, -0.25) is 4.79 Å². The van der Waals surface area contributed by atoms with E-state index in [1.165, 1.54) is 12.8 Å². The van der Waals surface area contributed by atoms with E-state index >= 15 is 0 Å². The number of hydrogen-bond acceptors (Lipinski definition) is 2. The number of benzene rings is 1. The molecule has 5 heteroatoms. The molecule has 2 atom stereocenters. The van der Waals surface area contributed by atoms with Crippen LogP contribution in [0.1, 0.15) is 23.2 Å². The van der Waals surface area contributed by atoms with Crippen LogP contribution in [0.3, 0.4) is 0 Å². The van der Waals surface area contributed by atoms with E-state index in [1.54, 1.807) is 12.1 Å². The van der Waals surface area contributed by atoms with E-state index in [0.717, 1.165) is 24.1 Å². The molecule has 2 unspecified atom stereocenters. The third-order valence-corrected chi connectivity index (χ3v) is 4.87. The molecule has 0 spiro atoms. The predicted molar refractivity (Wildman–Crippen MR) is 79.6 cm³/mol. The van der Waals surface area contributed by atoms with Gasteiger partial charge in [0.25, 0.3) is 5.91 Å². The van der Waals surface area contributed by atoms with Crippen LogP contribution in [0.15, 0.2) is 22.7 Å². The quantitative estimate of drug-likeness (QED) is 0.850. The number of halogens is 2. The summed E-state index contributed by atoms with van der Waals surface area (Å²) < 4.78 is 0.884. The van der Waals surface area contributed by atoms with Crippen LogP contribution < -0.4 is 5.32 Å². The molecule has 2 heterocycles. The van der Waals surface area contributed by atoms with E-state index in [9.17, 15) is 4.79 Å². The molecule has 2 aliphatic heterocycles. The summed E-state index contributed by atoms with van der Waals surface area (Å²) in [5.74, 6) is 0.645. The number of likely N-dealkylation sites (tertiary alicyclic amines) is 1. The molecule has 1 aromatic rings. The van der Waals surface area contributed by atoms with Crippen molar-refractivity contribution in [1.82, 2.24) is 10.2 Å². The second-order valence-electron chi connectivity index (χ2n) is 5.30. The van der Waals surface area contributed by atoms with Crippen molar-refractivity contribution in [2.75, 3.05) is 19.6 Å². The molecule has 3 nitrogen and oxygen atoms in total. The van der Waals surface area contributed by atoms with Crippen molar-refractivity contribution < 1.29 is 4.79 Å². The maximum Gasteiger partial charge on any atom is 0.255 e. The molecule has 1 N–H and O–H groups in total. The second-order valence-corrected chi connectivity index (χ2v) is 6.62. The fourth-order valence-corrected chi connectivity index (χ4v) is 3.60. The number of piperidine rings is 1. The number of hydrogen-bond donors (Lipinski definition) is 1. The van der Waals surface area contributed by atoms with Crippen molar-refractivity contribution in [2.45, 2.75) is 18.9 Å². The fraction of sp³-hybridized carbons (Fsp3) is 0.500. The number of fused-ring (bicyclic) bond motifs is 1. The van der Waals surface area contributed by atoms with Crippen LogP contribution in [0.4, 0.5) is 0 Å². The standard InChI is InChI=1S/C14H16BrClN2O/c15-10-3-4-12(16)11(6-10)14(19)18-7-9-2-1-5-17-13(9)8-18/h3-4,6,9,13,17H,1-2,5,7-8H2. The highest BCUT2D eigenvalue weighted by molar-refractivity contribution is 9.10.